The number of anilines is 1. The highest BCUT2D eigenvalue weighted by atomic mass is 32.2. The molecule has 3 N–H and O–H groups in total. The van der Waals surface area contributed by atoms with Crippen LogP contribution in [0.2, 0.25) is 0 Å². The molecule has 0 bridgehead atoms. The summed E-state index contributed by atoms with van der Waals surface area (Å²) in [7, 11) is -3.22. The molecule has 1 heterocycles. The predicted octanol–water partition coefficient (Wildman–Crippen LogP) is 1.24. The van der Waals surface area contributed by atoms with E-state index >= 15 is 0 Å². The van der Waals surface area contributed by atoms with E-state index in [1.54, 1.807) is 5.38 Å². The number of sulfonamides is 1. The van der Waals surface area contributed by atoms with Crippen LogP contribution >= 0.6 is 11.3 Å². The first kappa shape index (κ1) is 11.8. The molecule has 1 saturated carbocycles. The molecule has 90 valence electrons. The Labute approximate surface area is 99.1 Å². The van der Waals surface area contributed by atoms with Gasteiger partial charge in [-0.2, -0.15) is 0 Å². The Balaban J connectivity index is 2.14. The number of hydrogen-bond acceptors (Lipinski definition) is 5. The monoisotopic (exact) mass is 261 g/mol. The molecule has 1 aromatic rings. The van der Waals surface area contributed by atoms with Crippen LogP contribution in [0.5, 0.6) is 0 Å². The van der Waals surface area contributed by atoms with Crippen molar-refractivity contribution >= 4 is 26.5 Å². The highest BCUT2D eigenvalue weighted by Crippen LogP contribution is 2.31. The first-order chi connectivity index (χ1) is 7.29. The summed E-state index contributed by atoms with van der Waals surface area (Å²) >= 11 is 1.27. The molecular formula is C9H15N3O2S2. The van der Waals surface area contributed by atoms with Gasteiger partial charge in [0.15, 0.2) is 5.13 Å². The molecule has 0 aliphatic heterocycles. The third kappa shape index (κ3) is 2.53. The van der Waals surface area contributed by atoms with Crippen LogP contribution < -0.4 is 10.5 Å². The lowest BCUT2D eigenvalue weighted by atomic mass is 10.0. The van der Waals surface area contributed by atoms with E-state index in [0.717, 1.165) is 12.8 Å². The summed E-state index contributed by atoms with van der Waals surface area (Å²) in [5.74, 6) is 0. The number of nitrogens with zero attached hydrogens (tertiary/aromatic N) is 1. The maximum absolute atomic E-state index is 11.6. The molecule has 0 saturated heterocycles. The van der Waals surface area contributed by atoms with Crippen molar-refractivity contribution in [2.24, 2.45) is 5.73 Å². The molecule has 1 aliphatic carbocycles. The summed E-state index contributed by atoms with van der Waals surface area (Å²) in [6.45, 7) is 3.67. The van der Waals surface area contributed by atoms with Gasteiger partial charge in [0.2, 0.25) is 10.0 Å². The summed E-state index contributed by atoms with van der Waals surface area (Å²) in [6, 6.07) is 0. The van der Waals surface area contributed by atoms with Crippen molar-refractivity contribution in [3.8, 4) is 0 Å². The molecule has 0 atom stereocenters. The van der Waals surface area contributed by atoms with Gasteiger partial charge in [0, 0.05) is 5.38 Å². The Morgan fingerprint density at radius 1 is 1.56 bits per heavy atom. The molecule has 16 heavy (non-hydrogen) atoms. The fourth-order valence-electron chi connectivity index (χ4n) is 1.20. The zero-order valence-corrected chi connectivity index (χ0v) is 10.9. The number of nitrogens with one attached hydrogen (secondary N) is 1. The van der Waals surface area contributed by atoms with Gasteiger partial charge in [-0.15, -0.1) is 11.3 Å². The fourth-order valence-corrected chi connectivity index (χ4v) is 3.68. The normalized spacial score (nSPS) is 17.4. The van der Waals surface area contributed by atoms with Crippen molar-refractivity contribution in [2.45, 2.75) is 37.5 Å². The lowest BCUT2D eigenvalue weighted by Gasteiger charge is -2.14. The van der Waals surface area contributed by atoms with Crippen LogP contribution in [0.15, 0.2) is 5.38 Å². The second kappa shape index (κ2) is 3.68. The first-order valence-corrected chi connectivity index (χ1v) is 7.48. The Bertz CT molecular complexity index is 483. The topological polar surface area (TPSA) is 85.1 Å². The average molecular weight is 261 g/mol. The maximum Gasteiger partial charge on any atom is 0.237 e. The summed E-state index contributed by atoms with van der Waals surface area (Å²) in [6.07, 6.45) is 1.49. The van der Waals surface area contributed by atoms with Gasteiger partial charge in [0.05, 0.1) is 16.5 Å². The van der Waals surface area contributed by atoms with E-state index in [4.69, 9.17) is 5.73 Å². The van der Waals surface area contributed by atoms with Gasteiger partial charge in [-0.05, 0) is 26.7 Å². The lowest BCUT2D eigenvalue weighted by Crippen LogP contribution is -2.29. The molecular weight excluding hydrogens is 246 g/mol. The van der Waals surface area contributed by atoms with Crippen molar-refractivity contribution in [3.63, 3.8) is 0 Å². The second-order valence-corrected chi connectivity index (χ2v) is 7.42. The average Bonchev–Trinajstić information content (AvgIpc) is 2.87. The molecule has 1 aromatic heterocycles. The Morgan fingerprint density at radius 2 is 2.19 bits per heavy atom. The van der Waals surface area contributed by atoms with Crippen LogP contribution in [0.1, 0.15) is 32.4 Å². The van der Waals surface area contributed by atoms with E-state index in [-0.39, 0.29) is 5.25 Å². The summed E-state index contributed by atoms with van der Waals surface area (Å²) in [5, 5.41) is 1.95. The molecule has 1 aliphatic rings. The van der Waals surface area contributed by atoms with Crippen molar-refractivity contribution in [1.82, 2.24) is 4.98 Å². The fraction of sp³-hybridized carbons (Fsp3) is 0.667. The van der Waals surface area contributed by atoms with Gasteiger partial charge < -0.3 is 5.73 Å². The minimum Gasteiger partial charge on any atom is -0.321 e. The van der Waals surface area contributed by atoms with Gasteiger partial charge >= 0.3 is 0 Å². The quantitative estimate of drug-likeness (QED) is 0.854. The maximum atomic E-state index is 11.6. The third-order valence-electron chi connectivity index (χ3n) is 2.36. The van der Waals surface area contributed by atoms with Crippen LogP contribution in [0.3, 0.4) is 0 Å². The Kier molecular flexibility index (Phi) is 2.72. The molecule has 0 unspecified atom stereocenters. The predicted molar refractivity (Wildman–Crippen MR) is 64.9 cm³/mol. The second-order valence-electron chi connectivity index (χ2n) is 4.61. The third-order valence-corrected chi connectivity index (χ3v) is 5.07. The summed E-state index contributed by atoms with van der Waals surface area (Å²) in [5.41, 5.74) is 6.03. The number of aromatic nitrogens is 1. The van der Waals surface area contributed by atoms with Crippen molar-refractivity contribution < 1.29 is 8.42 Å². The van der Waals surface area contributed by atoms with Gasteiger partial charge in [-0.25, -0.2) is 13.4 Å². The van der Waals surface area contributed by atoms with Gasteiger partial charge in [-0.3, -0.25) is 4.72 Å². The van der Waals surface area contributed by atoms with Crippen LogP contribution in [0.4, 0.5) is 5.13 Å². The van der Waals surface area contributed by atoms with Crippen molar-refractivity contribution in [3.05, 3.63) is 11.1 Å². The van der Waals surface area contributed by atoms with E-state index in [1.807, 2.05) is 13.8 Å². The van der Waals surface area contributed by atoms with E-state index in [9.17, 15) is 8.42 Å². The molecule has 0 spiro atoms. The zero-order valence-electron chi connectivity index (χ0n) is 9.23. The summed E-state index contributed by atoms with van der Waals surface area (Å²) < 4.78 is 25.8. The van der Waals surface area contributed by atoms with Crippen LogP contribution in [-0.4, -0.2) is 18.7 Å². The number of hydrogen-bond donors (Lipinski definition) is 2. The number of thiazole rings is 1. The molecule has 5 nitrogen and oxygen atoms in total. The highest BCUT2D eigenvalue weighted by Gasteiger charge is 2.36. The molecule has 2 rings (SSSR count). The van der Waals surface area contributed by atoms with Crippen LogP contribution in [-0.2, 0) is 15.6 Å². The van der Waals surface area contributed by atoms with E-state index in [0.29, 0.717) is 10.8 Å². The molecule has 1 fully saturated rings. The van der Waals surface area contributed by atoms with Crippen LogP contribution in [0.25, 0.3) is 0 Å². The standard InChI is InChI=1S/C9H15N3O2S2/c1-9(2,10)7-5-15-8(11-7)12-16(13,14)6-3-4-6/h5-6H,3-4,10H2,1-2H3,(H,11,12). The van der Waals surface area contributed by atoms with Gasteiger partial charge in [0.25, 0.3) is 0 Å². The highest BCUT2D eigenvalue weighted by molar-refractivity contribution is 7.93. The number of nitrogens with two attached hydrogens (primary N) is 1. The Morgan fingerprint density at radius 3 is 2.62 bits per heavy atom. The Hall–Kier alpha value is -0.660. The van der Waals surface area contributed by atoms with Crippen molar-refractivity contribution in [2.75, 3.05) is 4.72 Å². The zero-order chi connectivity index (χ0) is 12.0. The van der Waals surface area contributed by atoms with E-state index < -0.39 is 15.6 Å². The smallest absolute Gasteiger partial charge is 0.237 e. The molecule has 7 heteroatoms. The minimum absolute atomic E-state index is 0.231. The molecule has 0 radical (unpaired) electrons. The van der Waals surface area contributed by atoms with E-state index in [2.05, 4.69) is 9.71 Å². The largest absolute Gasteiger partial charge is 0.321 e. The lowest BCUT2D eigenvalue weighted by molar-refractivity contribution is 0.539. The SMILES string of the molecule is CC(C)(N)c1csc(NS(=O)(=O)C2CC2)n1. The first-order valence-electron chi connectivity index (χ1n) is 5.05. The minimum atomic E-state index is -3.22. The summed E-state index contributed by atoms with van der Waals surface area (Å²) in [4.78, 5) is 4.18. The van der Waals surface area contributed by atoms with Gasteiger partial charge in [-0.1, -0.05) is 0 Å². The molecule has 0 aromatic carbocycles. The van der Waals surface area contributed by atoms with E-state index in [1.165, 1.54) is 11.3 Å². The number of rotatable bonds is 4. The van der Waals surface area contributed by atoms with Crippen molar-refractivity contribution in [1.29, 1.82) is 0 Å². The van der Waals surface area contributed by atoms with Crippen LogP contribution in [0, 0.1) is 0 Å². The van der Waals surface area contributed by atoms with Gasteiger partial charge in [0.1, 0.15) is 0 Å². The molecule has 0 amide bonds.